The maximum Gasteiger partial charge on any atom is 0.416 e. The molecule has 0 aliphatic rings. The van der Waals surface area contributed by atoms with Gasteiger partial charge in [-0.25, -0.2) is 8.42 Å². The molecule has 3 rings (SSSR count). The topological polar surface area (TPSA) is 46.2 Å². The van der Waals surface area contributed by atoms with Gasteiger partial charge in [0.15, 0.2) is 0 Å². The Labute approximate surface area is 165 Å². The molecule has 146 valence electrons. The van der Waals surface area contributed by atoms with Crippen LogP contribution in [0.25, 0.3) is 0 Å². The quantitative estimate of drug-likeness (QED) is 0.592. The molecule has 0 unspecified atom stereocenters. The lowest BCUT2D eigenvalue weighted by Gasteiger charge is -2.20. The van der Waals surface area contributed by atoms with Gasteiger partial charge in [0, 0.05) is 5.02 Å². The SMILES string of the molecule is O=S(=O)(N[C@@H](c1ccccc1)c1ccc(C(F)(F)F)cc1)c1ccc(Cl)cc1. The number of hydrogen-bond donors (Lipinski definition) is 1. The second-order valence-corrected chi connectivity index (χ2v) is 8.19. The fourth-order valence-electron chi connectivity index (χ4n) is 2.68. The van der Waals surface area contributed by atoms with E-state index in [0.717, 1.165) is 12.1 Å². The second kappa shape index (κ2) is 7.95. The molecule has 0 spiro atoms. The van der Waals surface area contributed by atoms with Gasteiger partial charge < -0.3 is 0 Å². The standard InChI is InChI=1S/C20H15ClF3NO2S/c21-17-10-12-18(13-11-17)28(26,27)25-19(14-4-2-1-3-5-14)15-6-8-16(9-7-15)20(22,23)24/h1-13,19,25H/t19-/m0/s1. The Hall–Kier alpha value is -2.35. The molecule has 0 heterocycles. The molecule has 0 bridgehead atoms. The Bertz CT molecular complexity index is 1040. The highest BCUT2D eigenvalue weighted by atomic mass is 35.5. The maximum atomic E-state index is 12.8. The molecule has 0 aliphatic carbocycles. The summed E-state index contributed by atoms with van der Waals surface area (Å²) in [6, 6.07) is 17.8. The summed E-state index contributed by atoms with van der Waals surface area (Å²) in [6.45, 7) is 0. The highest BCUT2D eigenvalue weighted by Gasteiger charge is 2.31. The van der Waals surface area contributed by atoms with Crippen molar-refractivity contribution in [3.8, 4) is 0 Å². The van der Waals surface area contributed by atoms with Crippen LogP contribution >= 0.6 is 11.6 Å². The van der Waals surface area contributed by atoms with E-state index >= 15 is 0 Å². The Morgan fingerprint density at radius 3 is 1.86 bits per heavy atom. The van der Waals surface area contributed by atoms with Gasteiger partial charge >= 0.3 is 6.18 Å². The molecule has 0 radical (unpaired) electrons. The first-order chi connectivity index (χ1) is 13.2. The van der Waals surface area contributed by atoms with E-state index in [9.17, 15) is 21.6 Å². The predicted octanol–water partition coefficient (Wildman–Crippen LogP) is 5.43. The molecule has 3 aromatic carbocycles. The van der Waals surface area contributed by atoms with Crippen molar-refractivity contribution in [1.82, 2.24) is 4.72 Å². The van der Waals surface area contributed by atoms with E-state index < -0.39 is 27.8 Å². The van der Waals surface area contributed by atoms with E-state index in [2.05, 4.69) is 4.72 Å². The van der Waals surface area contributed by atoms with Gasteiger partial charge in [0.25, 0.3) is 0 Å². The summed E-state index contributed by atoms with van der Waals surface area (Å²) >= 11 is 5.80. The Kier molecular flexibility index (Phi) is 5.79. The first-order valence-corrected chi connectivity index (χ1v) is 10.0. The Morgan fingerprint density at radius 1 is 0.786 bits per heavy atom. The van der Waals surface area contributed by atoms with E-state index in [-0.39, 0.29) is 4.90 Å². The number of benzene rings is 3. The van der Waals surface area contributed by atoms with Crippen molar-refractivity contribution in [1.29, 1.82) is 0 Å². The van der Waals surface area contributed by atoms with Crippen LogP contribution < -0.4 is 4.72 Å². The molecule has 8 heteroatoms. The van der Waals surface area contributed by atoms with Crippen LogP contribution in [-0.4, -0.2) is 8.42 Å². The van der Waals surface area contributed by atoms with Gasteiger partial charge in [0.1, 0.15) is 0 Å². The summed E-state index contributed by atoms with van der Waals surface area (Å²) < 4.78 is 66.7. The molecule has 3 nitrogen and oxygen atoms in total. The van der Waals surface area contributed by atoms with Crippen LogP contribution in [-0.2, 0) is 16.2 Å². The number of nitrogens with one attached hydrogen (secondary N) is 1. The van der Waals surface area contributed by atoms with E-state index in [0.29, 0.717) is 16.1 Å². The third-order valence-electron chi connectivity index (χ3n) is 4.10. The van der Waals surface area contributed by atoms with Crippen molar-refractivity contribution in [2.75, 3.05) is 0 Å². The van der Waals surface area contributed by atoms with E-state index in [1.54, 1.807) is 30.3 Å². The smallest absolute Gasteiger partial charge is 0.207 e. The lowest BCUT2D eigenvalue weighted by atomic mass is 9.98. The van der Waals surface area contributed by atoms with Gasteiger partial charge in [-0.05, 0) is 47.5 Å². The summed E-state index contributed by atoms with van der Waals surface area (Å²) in [6.07, 6.45) is -4.47. The molecule has 0 fully saturated rings. The molecule has 1 atom stereocenters. The normalized spacial score (nSPS) is 13.3. The summed E-state index contributed by atoms with van der Waals surface area (Å²) in [5.41, 5.74) is 0.181. The fraction of sp³-hybridized carbons (Fsp3) is 0.100. The largest absolute Gasteiger partial charge is 0.416 e. The molecule has 3 aromatic rings. The van der Waals surface area contributed by atoms with Crippen molar-refractivity contribution < 1.29 is 21.6 Å². The summed E-state index contributed by atoms with van der Waals surface area (Å²) in [5.74, 6) is 0. The number of halogens is 4. The van der Waals surface area contributed by atoms with Crippen molar-refractivity contribution in [3.63, 3.8) is 0 Å². The van der Waals surface area contributed by atoms with Crippen molar-refractivity contribution in [3.05, 3.63) is 101 Å². The molecule has 0 saturated carbocycles. The average molecular weight is 426 g/mol. The van der Waals surface area contributed by atoms with Crippen LogP contribution in [0.1, 0.15) is 22.7 Å². The summed E-state index contributed by atoms with van der Waals surface area (Å²) in [4.78, 5) is 0.00439. The minimum absolute atomic E-state index is 0.00439. The molecule has 0 aliphatic heterocycles. The van der Waals surface area contributed by atoms with E-state index in [4.69, 9.17) is 11.6 Å². The van der Waals surface area contributed by atoms with Crippen molar-refractivity contribution in [2.45, 2.75) is 17.1 Å². The summed E-state index contributed by atoms with van der Waals surface area (Å²) in [5, 5.41) is 0.390. The number of hydrogen-bond acceptors (Lipinski definition) is 2. The zero-order valence-electron chi connectivity index (χ0n) is 14.3. The van der Waals surface area contributed by atoms with Crippen molar-refractivity contribution >= 4 is 21.6 Å². The van der Waals surface area contributed by atoms with Crippen LogP contribution in [0.5, 0.6) is 0 Å². The Morgan fingerprint density at radius 2 is 1.32 bits per heavy atom. The lowest BCUT2D eigenvalue weighted by molar-refractivity contribution is -0.137. The minimum atomic E-state index is -4.47. The molecule has 1 N–H and O–H groups in total. The minimum Gasteiger partial charge on any atom is -0.207 e. The molecule has 28 heavy (non-hydrogen) atoms. The highest BCUT2D eigenvalue weighted by molar-refractivity contribution is 7.89. The number of sulfonamides is 1. The molecule has 0 aromatic heterocycles. The van der Waals surface area contributed by atoms with Crippen LogP contribution in [0.2, 0.25) is 5.02 Å². The van der Waals surface area contributed by atoms with Gasteiger partial charge in [0.2, 0.25) is 10.0 Å². The molecular weight excluding hydrogens is 411 g/mol. The average Bonchev–Trinajstić information content (AvgIpc) is 2.67. The highest BCUT2D eigenvalue weighted by Crippen LogP contribution is 2.31. The zero-order chi connectivity index (χ0) is 20.4. The van der Waals surface area contributed by atoms with Gasteiger partial charge in [-0.15, -0.1) is 0 Å². The van der Waals surface area contributed by atoms with Crippen molar-refractivity contribution in [2.24, 2.45) is 0 Å². The van der Waals surface area contributed by atoms with E-state index in [1.165, 1.54) is 36.4 Å². The van der Waals surface area contributed by atoms with E-state index in [1.807, 2.05) is 0 Å². The zero-order valence-corrected chi connectivity index (χ0v) is 15.9. The van der Waals surface area contributed by atoms with Gasteiger partial charge in [-0.1, -0.05) is 54.1 Å². The third-order valence-corrected chi connectivity index (χ3v) is 5.79. The fourth-order valence-corrected chi connectivity index (χ4v) is 4.01. The predicted molar refractivity (Wildman–Crippen MR) is 102 cm³/mol. The van der Waals surface area contributed by atoms with Crippen LogP contribution in [0.4, 0.5) is 13.2 Å². The van der Waals surface area contributed by atoms with Gasteiger partial charge in [-0.3, -0.25) is 0 Å². The first-order valence-electron chi connectivity index (χ1n) is 8.17. The first kappa shape index (κ1) is 20.4. The lowest BCUT2D eigenvalue weighted by Crippen LogP contribution is -2.29. The van der Waals surface area contributed by atoms with Gasteiger partial charge in [0.05, 0.1) is 16.5 Å². The summed E-state index contributed by atoms with van der Waals surface area (Å²) in [7, 11) is -3.94. The molecular formula is C20H15ClF3NO2S. The monoisotopic (exact) mass is 425 g/mol. The number of alkyl halides is 3. The van der Waals surface area contributed by atoms with Crippen LogP contribution in [0, 0.1) is 0 Å². The number of rotatable bonds is 5. The molecule has 0 amide bonds. The maximum absolute atomic E-state index is 12.8. The van der Waals surface area contributed by atoms with Crippen LogP contribution in [0.15, 0.2) is 83.8 Å². The molecule has 0 saturated heterocycles. The third kappa shape index (κ3) is 4.73. The second-order valence-electron chi connectivity index (χ2n) is 6.04. The van der Waals surface area contributed by atoms with Crippen LogP contribution in [0.3, 0.4) is 0 Å². The van der Waals surface area contributed by atoms with Gasteiger partial charge in [-0.2, -0.15) is 17.9 Å². The Balaban J connectivity index is 2.00.